The number of ether oxygens (including phenoxy) is 1. The number of carbonyl (C=O) groups is 2. The molecule has 0 radical (unpaired) electrons. The molecule has 1 atom stereocenters. The van der Waals surface area contributed by atoms with E-state index in [4.69, 9.17) is 9.84 Å². The molecule has 1 rings (SSSR count). The zero-order valence-corrected chi connectivity index (χ0v) is 15.7. The molecule has 1 aromatic carbocycles. The normalized spacial score (nSPS) is 12.5. The maximum atomic E-state index is 12.1. The molecule has 1 unspecified atom stereocenters. The molecule has 0 heterocycles. The second-order valence-corrected chi connectivity index (χ2v) is 7.08. The number of carboxylic acids is 1. The van der Waals surface area contributed by atoms with E-state index >= 15 is 0 Å². The van der Waals surface area contributed by atoms with E-state index in [0.29, 0.717) is 5.69 Å². The third kappa shape index (κ3) is 4.63. The molecule has 0 aliphatic carbocycles. The van der Waals surface area contributed by atoms with E-state index in [0.717, 1.165) is 27.9 Å². The highest BCUT2D eigenvalue weighted by Crippen LogP contribution is 2.34. The van der Waals surface area contributed by atoms with E-state index in [9.17, 15) is 9.59 Å². The second kappa shape index (κ2) is 7.11. The summed E-state index contributed by atoms with van der Waals surface area (Å²) in [7, 11) is 0. The number of rotatable bonds is 4. The molecule has 0 aromatic heterocycles. The maximum Gasteiger partial charge on any atom is 0.412 e. The lowest BCUT2D eigenvalue weighted by Gasteiger charge is -2.25. The molecule has 1 amide bonds. The van der Waals surface area contributed by atoms with Crippen LogP contribution in [0.15, 0.2) is 0 Å². The van der Waals surface area contributed by atoms with Crippen molar-refractivity contribution in [2.75, 3.05) is 10.6 Å². The Kier molecular flexibility index (Phi) is 5.87. The van der Waals surface area contributed by atoms with Crippen LogP contribution < -0.4 is 10.6 Å². The Morgan fingerprint density at radius 3 is 1.75 bits per heavy atom. The van der Waals surface area contributed by atoms with Crippen molar-refractivity contribution >= 4 is 23.4 Å². The summed E-state index contributed by atoms with van der Waals surface area (Å²) >= 11 is 0. The molecule has 0 bridgehead atoms. The predicted molar refractivity (Wildman–Crippen MR) is 96.0 cm³/mol. The average Bonchev–Trinajstić information content (AvgIpc) is 2.43. The molecular weight excluding hydrogens is 308 g/mol. The fourth-order valence-electron chi connectivity index (χ4n) is 2.40. The number of nitrogens with one attached hydrogen (secondary N) is 2. The fraction of sp³-hybridized carbons (Fsp3) is 0.556. The number of amides is 1. The van der Waals surface area contributed by atoms with E-state index in [-0.39, 0.29) is 0 Å². The van der Waals surface area contributed by atoms with Gasteiger partial charge in [-0.2, -0.15) is 0 Å². The molecule has 6 nitrogen and oxygen atoms in total. The van der Waals surface area contributed by atoms with E-state index in [1.807, 2.05) is 48.5 Å². The smallest absolute Gasteiger partial charge is 0.412 e. The van der Waals surface area contributed by atoms with Crippen LogP contribution in [-0.4, -0.2) is 28.8 Å². The Bertz CT molecular complexity index is 631. The summed E-state index contributed by atoms with van der Waals surface area (Å²) in [4.78, 5) is 23.2. The van der Waals surface area contributed by atoms with Crippen LogP contribution in [0.4, 0.5) is 16.2 Å². The van der Waals surface area contributed by atoms with Gasteiger partial charge in [0, 0.05) is 5.69 Å². The van der Waals surface area contributed by atoms with Gasteiger partial charge in [-0.05, 0) is 77.6 Å². The molecule has 0 spiro atoms. The van der Waals surface area contributed by atoms with E-state index in [2.05, 4.69) is 10.6 Å². The van der Waals surface area contributed by atoms with Crippen molar-refractivity contribution in [1.29, 1.82) is 0 Å². The van der Waals surface area contributed by atoms with Gasteiger partial charge in [0.05, 0.1) is 5.69 Å². The van der Waals surface area contributed by atoms with Gasteiger partial charge in [0.2, 0.25) is 0 Å². The lowest BCUT2D eigenvalue weighted by atomic mass is 9.95. The molecule has 3 N–H and O–H groups in total. The minimum Gasteiger partial charge on any atom is -0.480 e. The van der Waals surface area contributed by atoms with Crippen molar-refractivity contribution in [2.24, 2.45) is 0 Å². The van der Waals surface area contributed by atoms with Gasteiger partial charge in [-0.25, -0.2) is 4.79 Å². The van der Waals surface area contributed by atoms with Gasteiger partial charge in [-0.3, -0.25) is 10.1 Å². The number of carboxylic acid groups (broad SMARTS) is 1. The summed E-state index contributed by atoms with van der Waals surface area (Å²) in [5, 5.41) is 15.0. The topological polar surface area (TPSA) is 87.7 Å². The summed E-state index contributed by atoms with van der Waals surface area (Å²) < 4.78 is 5.31. The minimum atomic E-state index is -0.917. The lowest BCUT2D eigenvalue weighted by molar-refractivity contribution is -0.137. The molecule has 0 fully saturated rings. The van der Waals surface area contributed by atoms with Crippen molar-refractivity contribution in [3.63, 3.8) is 0 Å². The van der Waals surface area contributed by atoms with Crippen LogP contribution in [0.2, 0.25) is 0 Å². The van der Waals surface area contributed by atoms with Crippen LogP contribution in [0.1, 0.15) is 49.9 Å². The fourth-order valence-corrected chi connectivity index (χ4v) is 2.40. The SMILES string of the molecule is Cc1c(C)c(NC(C)C(=O)O)c(C)c(C)c1NC(=O)OC(C)(C)C. The molecule has 134 valence electrons. The van der Waals surface area contributed by atoms with Gasteiger partial charge in [0.15, 0.2) is 0 Å². The molecule has 24 heavy (non-hydrogen) atoms. The molecule has 6 heteroatoms. The highest BCUT2D eigenvalue weighted by Gasteiger charge is 2.22. The molecular formula is C18H28N2O4. The van der Waals surface area contributed by atoms with Crippen LogP contribution in [-0.2, 0) is 9.53 Å². The summed E-state index contributed by atoms with van der Waals surface area (Å²) in [5.74, 6) is -0.917. The quantitative estimate of drug-likeness (QED) is 0.768. The van der Waals surface area contributed by atoms with Crippen LogP contribution in [0.25, 0.3) is 0 Å². The first-order valence-electron chi connectivity index (χ1n) is 7.94. The van der Waals surface area contributed by atoms with Crippen molar-refractivity contribution in [2.45, 2.75) is 67.0 Å². The Labute approximate surface area is 143 Å². The third-order valence-electron chi connectivity index (χ3n) is 3.98. The van der Waals surface area contributed by atoms with Crippen LogP contribution in [0.3, 0.4) is 0 Å². The van der Waals surface area contributed by atoms with Crippen LogP contribution >= 0.6 is 0 Å². The number of benzene rings is 1. The summed E-state index contributed by atoms with van der Waals surface area (Å²) in [6, 6.07) is -0.703. The Morgan fingerprint density at radius 2 is 1.38 bits per heavy atom. The number of anilines is 2. The summed E-state index contributed by atoms with van der Waals surface area (Å²) in [6.45, 7) is 14.6. The van der Waals surface area contributed by atoms with Gasteiger partial charge in [-0.1, -0.05) is 0 Å². The standard InChI is InChI=1S/C18H28N2O4/c1-9-11(3)15(20-17(23)24-18(6,7)8)12(4)10(2)14(9)19-13(5)16(21)22/h13,19H,1-8H3,(H,20,23)(H,21,22). The maximum absolute atomic E-state index is 12.1. The third-order valence-corrected chi connectivity index (χ3v) is 3.98. The zero-order chi connectivity index (χ0) is 18.8. The monoisotopic (exact) mass is 336 g/mol. The number of hydrogen-bond acceptors (Lipinski definition) is 4. The van der Waals surface area contributed by atoms with Crippen LogP contribution in [0, 0.1) is 27.7 Å². The Balaban J connectivity index is 3.23. The second-order valence-electron chi connectivity index (χ2n) is 7.08. The first-order chi connectivity index (χ1) is 10.8. The van der Waals surface area contributed by atoms with Crippen molar-refractivity contribution in [1.82, 2.24) is 0 Å². The Morgan fingerprint density at radius 1 is 0.958 bits per heavy atom. The van der Waals surface area contributed by atoms with Gasteiger partial charge in [-0.15, -0.1) is 0 Å². The first kappa shape index (κ1) is 19.8. The van der Waals surface area contributed by atoms with Crippen molar-refractivity contribution in [3.8, 4) is 0 Å². The Hall–Kier alpha value is -2.24. The van der Waals surface area contributed by atoms with Crippen LogP contribution in [0.5, 0.6) is 0 Å². The molecule has 0 saturated carbocycles. The summed E-state index contributed by atoms with van der Waals surface area (Å²) in [6.07, 6.45) is -0.507. The van der Waals surface area contributed by atoms with Gasteiger partial charge in [0.25, 0.3) is 0 Å². The first-order valence-corrected chi connectivity index (χ1v) is 7.94. The van der Waals surface area contributed by atoms with Gasteiger partial charge < -0.3 is 15.2 Å². The van der Waals surface area contributed by atoms with E-state index in [1.165, 1.54) is 0 Å². The zero-order valence-electron chi connectivity index (χ0n) is 15.7. The molecule has 1 aromatic rings. The largest absolute Gasteiger partial charge is 0.480 e. The molecule has 0 aliphatic rings. The average molecular weight is 336 g/mol. The van der Waals surface area contributed by atoms with Gasteiger partial charge >= 0.3 is 12.1 Å². The molecule has 0 aliphatic heterocycles. The highest BCUT2D eigenvalue weighted by molar-refractivity contribution is 5.90. The van der Waals surface area contributed by atoms with E-state index < -0.39 is 23.7 Å². The highest BCUT2D eigenvalue weighted by atomic mass is 16.6. The summed E-state index contributed by atoms with van der Waals surface area (Å²) in [5.41, 5.74) is 4.47. The van der Waals surface area contributed by atoms with Crippen molar-refractivity contribution in [3.05, 3.63) is 22.3 Å². The van der Waals surface area contributed by atoms with E-state index in [1.54, 1.807) is 6.92 Å². The number of hydrogen-bond donors (Lipinski definition) is 3. The lowest BCUT2D eigenvalue weighted by Crippen LogP contribution is -2.28. The van der Waals surface area contributed by atoms with Crippen molar-refractivity contribution < 1.29 is 19.4 Å². The minimum absolute atomic E-state index is 0.507. The van der Waals surface area contributed by atoms with Gasteiger partial charge in [0.1, 0.15) is 11.6 Å². The number of carbonyl (C=O) groups excluding carboxylic acids is 1. The number of aliphatic carboxylic acids is 1. The molecule has 0 saturated heterocycles. The predicted octanol–water partition coefficient (Wildman–Crippen LogP) is 4.15.